The molecule has 32 heavy (non-hydrogen) atoms. The fraction of sp³-hybridized carbons (Fsp3) is 0.708. The first kappa shape index (κ1) is 23.3. The smallest absolute Gasteiger partial charge is 0.409 e. The van der Waals surface area contributed by atoms with Crippen molar-refractivity contribution in [3.05, 3.63) is 29.6 Å². The summed E-state index contributed by atoms with van der Waals surface area (Å²) in [6.45, 7) is 6.66. The standard InChI is InChI=1S/C24H36FN3O4/c1-30-14-13-28-18-24(21-17-19(25)3-4-22(21)28)7-11-26(12-8-24)20-5-9-27(10-6-20)23(29)32-16-15-31-2/h3-4,17,20H,5-16,18H2,1-2H3. The molecule has 0 unspecified atom stereocenters. The molecular formula is C24H36FN3O4. The highest BCUT2D eigenvalue weighted by Crippen LogP contribution is 2.47. The monoisotopic (exact) mass is 449 g/mol. The average Bonchev–Trinajstić information content (AvgIpc) is 3.10. The number of rotatable bonds is 7. The first-order chi connectivity index (χ1) is 15.6. The topological polar surface area (TPSA) is 54.5 Å². The van der Waals surface area contributed by atoms with Gasteiger partial charge in [-0.15, -0.1) is 0 Å². The molecule has 2 fully saturated rings. The van der Waals surface area contributed by atoms with E-state index in [1.54, 1.807) is 31.3 Å². The lowest BCUT2D eigenvalue weighted by atomic mass is 9.74. The molecule has 178 valence electrons. The van der Waals surface area contributed by atoms with E-state index in [-0.39, 0.29) is 17.3 Å². The van der Waals surface area contributed by atoms with Gasteiger partial charge in [-0.05, 0) is 62.5 Å². The van der Waals surface area contributed by atoms with Gasteiger partial charge in [0.1, 0.15) is 12.4 Å². The van der Waals surface area contributed by atoms with Gasteiger partial charge in [0, 0.05) is 57.5 Å². The number of fused-ring (bicyclic) bond motifs is 2. The summed E-state index contributed by atoms with van der Waals surface area (Å²) in [7, 11) is 3.32. The van der Waals surface area contributed by atoms with Crippen LogP contribution in [-0.2, 0) is 19.6 Å². The van der Waals surface area contributed by atoms with E-state index in [1.165, 1.54) is 5.56 Å². The molecule has 3 heterocycles. The second-order valence-corrected chi connectivity index (χ2v) is 9.22. The summed E-state index contributed by atoms with van der Waals surface area (Å²) in [4.78, 5) is 18.9. The molecule has 0 aliphatic carbocycles. The Kier molecular flexibility index (Phi) is 7.53. The van der Waals surface area contributed by atoms with Crippen molar-refractivity contribution < 1.29 is 23.4 Å². The summed E-state index contributed by atoms with van der Waals surface area (Å²) < 4.78 is 29.6. The molecule has 7 nitrogen and oxygen atoms in total. The largest absolute Gasteiger partial charge is 0.447 e. The number of hydrogen-bond donors (Lipinski definition) is 0. The van der Waals surface area contributed by atoms with Gasteiger partial charge in [-0.2, -0.15) is 0 Å². The third-order valence-corrected chi connectivity index (χ3v) is 7.44. The summed E-state index contributed by atoms with van der Waals surface area (Å²) >= 11 is 0. The number of hydrogen-bond acceptors (Lipinski definition) is 6. The van der Waals surface area contributed by atoms with Crippen LogP contribution in [0.5, 0.6) is 0 Å². The minimum absolute atomic E-state index is 0.0214. The SMILES string of the molecule is COCCOC(=O)N1CCC(N2CCC3(CC2)CN(CCOC)c2ccc(F)cc23)CC1. The highest BCUT2D eigenvalue weighted by Gasteiger charge is 2.45. The van der Waals surface area contributed by atoms with Crippen LogP contribution in [0.2, 0.25) is 0 Å². The number of likely N-dealkylation sites (tertiary alicyclic amines) is 2. The Hall–Kier alpha value is -1.90. The van der Waals surface area contributed by atoms with Crippen molar-refractivity contribution in [3.8, 4) is 0 Å². The van der Waals surface area contributed by atoms with E-state index in [2.05, 4.69) is 9.80 Å². The van der Waals surface area contributed by atoms with Crippen molar-refractivity contribution in [1.29, 1.82) is 0 Å². The first-order valence-electron chi connectivity index (χ1n) is 11.7. The van der Waals surface area contributed by atoms with Crippen LogP contribution in [0.1, 0.15) is 31.2 Å². The number of methoxy groups -OCH3 is 2. The molecule has 3 aliphatic rings. The van der Waals surface area contributed by atoms with E-state index in [9.17, 15) is 9.18 Å². The molecule has 1 aromatic carbocycles. The summed E-state index contributed by atoms with van der Waals surface area (Å²) in [6, 6.07) is 5.75. The quantitative estimate of drug-likeness (QED) is 0.597. The van der Waals surface area contributed by atoms with Crippen molar-refractivity contribution in [3.63, 3.8) is 0 Å². The molecule has 1 amide bonds. The molecule has 3 aliphatic heterocycles. The van der Waals surface area contributed by atoms with Crippen LogP contribution >= 0.6 is 0 Å². The minimum Gasteiger partial charge on any atom is -0.447 e. The van der Waals surface area contributed by atoms with E-state index in [0.717, 1.165) is 70.6 Å². The molecule has 4 rings (SSSR count). The second-order valence-electron chi connectivity index (χ2n) is 9.22. The fourth-order valence-corrected chi connectivity index (χ4v) is 5.61. The normalized spacial score (nSPS) is 21.2. The molecule has 0 bridgehead atoms. The van der Waals surface area contributed by atoms with Gasteiger partial charge in [0.05, 0.1) is 13.2 Å². The lowest BCUT2D eigenvalue weighted by molar-refractivity contribution is 0.0454. The maximum Gasteiger partial charge on any atom is 0.409 e. The van der Waals surface area contributed by atoms with Crippen molar-refractivity contribution in [2.75, 3.05) is 78.2 Å². The van der Waals surface area contributed by atoms with Crippen LogP contribution in [-0.4, -0.2) is 95.2 Å². The zero-order valence-corrected chi connectivity index (χ0v) is 19.4. The van der Waals surface area contributed by atoms with Gasteiger partial charge in [0.2, 0.25) is 0 Å². The minimum atomic E-state index is -0.237. The van der Waals surface area contributed by atoms with E-state index in [0.29, 0.717) is 25.9 Å². The lowest BCUT2D eigenvalue weighted by Gasteiger charge is -2.45. The number of piperidine rings is 2. The lowest BCUT2D eigenvalue weighted by Crippen LogP contribution is -2.52. The second kappa shape index (κ2) is 10.4. The highest BCUT2D eigenvalue weighted by atomic mass is 19.1. The van der Waals surface area contributed by atoms with Crippen molar-refractivity contribution in [2.24, 2.45) is 0 Å². The Bertz CT molecular complexity index is 777. The maximum atomic E-state index is 14.1. The molecule has 0 atom stereocenters. The van der Waals surface area contributed by atoms with Gasteiger partial charge in [0.25, 0.3) is 0 Å². The molecule has 0 aromatic heterocycles. The van der Waals surface area contributed by atoms with E-state index in [4.69, 9.17) is 14.2 Å². The summed E-state index contributed by atoms with van der Waals surface area (Å²) in [5.41, 5.74) is 2.35. The van der Waals surface area contributed by atoms with Gasteiger partial charge in [-0.25, -0.2) is 9.18 Å². The average molecular weight is 450 g/mol. The third kappa shape index (κ3) is 4.87. The van der Waals surface area contributed by atoms with Crippen molar-refractivity contribution in [2.45, 2.75) is 37.1 Å². The number of benzene rings is 1. The summed E-state index contributed by atoms with van der Waals surface area (Å²) in [6.07, 6.45) is 3.77. The third-order valence-electron chi connectivity index (χ3n) is 7.44. The Balaban J connectivity index is 1.33. The molecule has 0 saturated carbocycles. The molecule has 1 aromatic rings. The molecule has 0 radical (unpaired) electrons. The number of ether oxygens (including phenoxy) is 3. The highest BCUT2D eigenvalue weighted by molar-refractivity contribution is 5.67. The van der Waals surface area contributed by atoms with Gasteiger partial charge in [-0.1, -0.05) is 0 Å². The number of amides is 1. The molecule has 0 N–H and O–H groups in total. The van der Waals surface area contributed by atoms with E-state index in [1.807, 2.05) is 6.07 Å². The van der Waals surface area contributed by atoms with Gasteiger partial charge in [-0.3, -0.25) is 0 Å². The molecular weight excluding hydrogens is 413 g/mol. The summed E-state index contributed by atoms with van der Waals surface area (Å²) in [5.74, 6) is -0.149. The van der Waals surface area contributed by atoms with Crippen LogP contribution in [0.4, 0.5) is 14.9 Å². The van der Waals surface area contributed by atoms with Crippen LogP contribution in [0, 0.1) is 5.82 Å². The maximum absolute atomic E-state index is 14.1. The van der Waals surface area contributed by atoms with Crippen LogP contribution in [0.15, 0.2) is 18.2 Å². The zero-order valence-electron chi connectivity index (χ0n) is 19.4. The Morgan fingerprint density at radius 1 is 1.06 bits per heavy atom. The van der Waals surface area contributed by atoms with Crippen LogP contribution in [0.3, 0.4) is 0 Å². The van der Waals surface area contributed by atoms with Crippen molar-refractivity contribution in [1.82, 2.24) is 9.80 Å². The summed E-state index contributed by atoms with van der Waals surface area (Å²) in [5, 5.41) is 0. The van der Waals surface area contributed by atoms with Crippen molar-refractivity contribution >= 4 is 11.8 Å². The molecule has 8 heteroatoms. The number of halogens is 1. The number of carbonyl (C=O) groups excluding carboxylic acids is 1. The zero-order chi connectivity index (χ0) is 22.6. The Morgan fingerprint density at radius 3 is 2.47 bits per heavy atom. The molecule has 2 saturated heterocycles. The van der Waals surface area contributed by atoms with Crippen LogP contribution < -0.4 is 4.90 Å². The predicted molar refractivity (Wildman–Crippen MR) is 121 cm³/mol. The van der Waals surface area contributed by atoms with Gasteiger partial charge < -0.3 is 28.9 Å². The van der Waals surface area contributed by atoms with Crippen LogP contribution in [0.25, 0.3) is 0 Å². The number of anilines is 1. The Morgan fingerprint density at radius 2 is 1.78 bits per heavy atom. The van der Waals surface area contributed by atoms with Gasteiger partial charge >= 0.3 is 6.09 Å². The fourth-order valence-electron chi connectivity index (χ4n) is 5.61. The van der Waals surface area contributed by atoms with E-state index < -0.39 is 0 Å². The number of nitrogens with zero attached hydrogens (tertiary/aromatic N) is 3. The van der Waals surface area contributed by atoms with Gasteiger partial charge in [0.15, 0.2) is 0 Å². The number of carbonyl (C=O) groups is 1. The Labute approximate surface area is 190 Å². The van der Waals surface area contributed by atoms with E-state index >= 15 is 0 Å². The first-order valence-corrected chi connectivity index (χ1v) is 11.7. The predicted octanol–water partition coefficient (Wildman–Crippen LogP) is 2.87. The molecule has 1 spiro atoms.